The molecule has 4 nitrogen and oxygen atoms in total. The van der Waals surface area contributed by atoms with E-state index in [1.54, 1.807) is 6.07 Å². The van der Waals surface area contributed by atoms with Crippen molar-refractivity contribution in [3.63, 3.8) is 0 Å². The molecule has 0 aliphatic rings. The highest BCUT2D eigenvalue weighted by Gasteiger charge is 2.13. The zero-order valence-electron chi connectivity index (χ0n) is 15.5. The van der Waals surface area contributed by atoms with Gasteiger partial charge in [-0.25, -0.2) is 4.98 Å². The molecule has 0 spiro atoms. The highest BCUT2D eigenvalue weighted by atomic mass is 127. The number of nitrogens with one attached hydrogen (secondary N) is 1. The number of rotatable bonds is 3. The number of anilines is 1. The fourth-order valence-electron chi connectivity index (χ4n) is 3.42. The van der Waals surface area contributed by atoms with E-state index in [0.29, 0.717) is 33.3 Å². The van der Waals surface area contributed by atoms with Gasteiger partial charge in [0.1, 0.15) is 5.52 Å². The van der Waals surface area contributed by atoms with Crippen molar-refractivity contribution in [3.05, 3.63) is 93.0 Å². The van der Waals surface area contributed by atoms with E-state index in [0.717, 1.165) is 19.9 Å². The monoisotopic (exact) mass is 524 g/mol. The lowest BCUT2D eigenvalue weighted by atomic mass is 10.0. The van der Waals surface area contributed by atoms with Crippen LogP contribution in [0.5, 0.6) is 0 Å². The fraction of sp³-hybridized carbons (Fsp3) is 0. The molecule has 1 N–H and O–H groups in total. The van der Waals surface area contributed by atoms with Crippen LogP contribution in [0.2, 0.25) is 5.02 Å². The van der Waals surface area contributed by atoms with Crippen LogP contribution in [0.15, 0.2) is 83.3 Å². The molecule has 0 fully saturated rings. The van der Waals surface area contributed by atoms with E-state index in [4.69, 9.17) is 16.0 Å². The molecule has 4 aromatic carbocycles. The molecule has 0 radical (unpaired) electrons. The molecule has 0 aliphatic heterocycles. The predicted molar refractivity (Wildman–Crippen MR) is 129 cm³/mol. The van der Waals surface area contributed by atoms with Gasteiger partial charge in [-0.15, -0.1) is 0 Å². The largest absolute Gasteiger partial charge is 0.436 e. The van der Waals surface area contributed by atoms with Crippen LogP contribution in [-0.4, -0.2) is 10.9 Å². The highest BCUT2D eigenvalue weighted by Crippen LogP contribution is 2.29. The molecular weight excluding hydrogens is 511 g/mol. The number of nitrogens with zero attached hydrogens (tertiary/aromatic N) is 1. The van der Waals surface area contributed by atoms with Gasteiger partial charge in [-0.1, -0.05) is 41.9 Å². The Bertz CT molecular complexity index is 1430. The van der Waals surface area contributed by atoms with E-state index in [9.17, 15) is 4.79 Å². The number of oxazole rings is 1. The van der Waals surface area contributed by atoms with Gasteiger partial charge in [-0.2, -0.15) is 0 Å². The lowest BCUT2D eigenvalue weighted by molar-refractivity contribution is 0.102. The quantitative estimate of drug-likeness (QED) is 0.255. The Labute approximate surface area is 191 Å². The van der Waals surface area contributed by atoms with Gasteiger partial charge >= 0.3 is 0 Å². The summed E-state index contributed by atoms with van der Waals surface area (Å²) in [7, 11) is 0. The van der Waals surface area contributed by atoms with E-state index < -0.39 is 0 Å². The lowest BCUT2D eigenvalue weighted by Gasteiger charge is -2.09. The van der Waals surface area contributed by atoms with Crippen LogP contribution < -0.4 is 5.32 Å². The summed E-state index contributed by atoms with van der Waals surface area (Å²) >= 11 is 8.53. The Kier molecular flexibility index (Phi) is 4.92. The summed E-state index contributed by atoms with van der Waals surface area (Å²) in [5.74, 6) is 0.347. The third-order valence-electron chi connectivity index (χ3n) is 4.83. The maximum atomic E-state index is 12.9. The minimum atomic E-state index is -0.205. The summed E-state index contributed by atoms with van der Waals surface area (Å²) in [5.41, 5.74) is 3.47. The summed E-state index contributed by atoms with van der Waals surface area (Å²) < 4.78 is 6.99. The maximum absolute atomic E-state index is 12.9. The Morgan fingerprint density at radius 2 is 1.73 bits per heavy atom. The van der Waals surface area contributed by atoms with Gasteiger partial charge in [0.25, 0.3) is 5.91 Å². The Morgan fingerprint density at radius 3 is 2.60 bits per heavy atom. The van der Waals surface area contributed by atoms with Crippen LogP contribution in [0.4, 0.5) is 5.69 Å². The van der Waals surface area contributed by atoms with Gasteiger partial charge in [0.2, 0.25) is 5.89 Å². The number of fused-ring (bicyclic) bond motifs is 2. The van der Waals surface area contributed by atoms with Crippen molar-refractivity contribution in [2.45, 2.75) is 0 Å². The highest BCUT2D eigenvalue weighted by molar-refractivity contribution is 14.1. The first-order valence-electron chi connectivity index (χ1n) is 9.23. The first-order chi connectivity index (χ1) is 14.6. The molecule has 5 rings (SSSR count). The number of amides is 1. The standard InChI is InChI=1S/C24H14ClIN2O2/c25-20-9-3-6-17-18(20)7-2-8-19(17)23(29)27-16-10-11-22-21(13-16)28-24(30-22)14-4-1-5-15(26)12-14/h1-13H,(H,27,29). The molecular formula is C24H14ClIN2O2. The Balaban J connectivity index is 1.47. The van der Waals surface area contributed by atoms with Crippen molar-refractivity contribution in [3.8, 4) is 11.5 Å². The first-order valence-corrected chi connectivity index (χ1v) is 10.7. The molecule has 146 valence electrons. The van der Waals surface area contributed by atoms with Crippen molar-refractivity contribution in [2.75, 3.05) is 5.32 Å². The van der Waals surface area contributed by atoms with Crippen molar-refractivity contribution in [1.29, 1.82) is 0 Å². The van der Waals surface area contributed by atoms with Gasteiger partial charge < -0.3 is 9.73 Å². The van der Waals surface area contributed by atoms with Crippen LogP contribution in [0.25, 0.3) is 33.3 Å². The SMILES string of the molecule is O=C(Nc1ccc2oc(-c3cccc(I)c3)nc2c1)c1cccc2c(Cl)cccc12. The number of hydrogen-bond acceptors (Lipinski definition) is 3. The molecule has 0 bridgehead atoms. The molecule has 30 heavy (non-hydrogen) atoms. The number of hydrogen-bond donors (Lipinski definition) is 1. The Morgan fingerprint density at radius 1 is 0.933 bits per heavy atom. The van der Waals surface area contributed by atoms with E-state index in [1.165, 1.54) is 0 Å². The number of benzene rings is 4. The summed E-state index contributed by atoms with van der Waals surface area (Å²) in [6.45, 7) is 0. The minimum Gasteiger partial charge on any atom is -0.436 e. The topological polar surface area (TPSA) is 55.1 Å². The second-order valence-electron chi connectivity index (χ2n) is 6.81. The molecule has 0 aliphatic carbocycles. The zero-order chi connectivity index (χ0) is 20.7. The average Bonchev–Trinajstić information content (AvgIpc) is 3.17. The molecule has 0 saturated carbocycles. The van der Waals surface area contributed by atoms with Crippen LogP contribution in [0.3, 0.4) is 0 Å². The average molecular weight is 525 g/mol. The smallest absolute Gasteiger partial charge is 0.256 e. The van der Waals surface area contributed by atoms with Gasteiger partial charge in [-0.05, 0) is 76.5 Å². The summed E-state index contributed by atoms with van der Waals surface area (Å²) in [6.07, 6.45) is 0. The molecule has 6 heteroatoms. The van der Waals surface area contributed by atoms with Crippen molar-refractivity contribution in [2.24, 2.45) is 0 Å². The van der Waals surface area contributed by atoms with Gasteiger partial charge in [0.15, 0.2) is 5.58 Å². The summed E-state index contributed by atoms with van der Waals surface area (Å²) in [4.78, 5) is 17.5. The first kappa shape index (κ1) is 19.1. The second kappa shape index (κ2) is 7.74. The normalized spacial score (nSPS) is 11.1. The van der Waals surface area contributed by atoms with E-state index in [2.05, 4.69) is 32.9 Å². The second-order valence-corrected chi connectivity index (χ2v) is 8.46. The van der Waals surface area contributed by atoms with Crippen molar-refractivity contribution < 1.29 is 9.21 Å². The third-order valence-corrected chi connectivity index (χ3v) is 5.83. The molecule has 1 aromatic heterocycles. The number of carbonyl (C=O) groups is 1. The lowest BCUT2D eigenvalue weighted by Crippen LogP contribution is -2.12. The summed E-state index contributed by atoms with van der Waals surface area (Å²) in [5, 5.41) is 5.23. The molecule has 1 amide bonds. The summed E-state index contributed by atoms with van der Waals surface area (Å²) in [6, 6.07) is 24.5. The minimum absolute atomic E-state index is 0.205. The van der Waals surface area contributed by atoms with Crippen molar-refractivity contribution >= 4 is 67.7 Å². The third kappa shape index (κ3) is 3.55. The zero-order valence-corrected chi connectivity index (χ0v) is 18.4. The predicted octanol–water partition coefficient (Wildman–Crippen LogP) is 7.16. The molecule has 1 heterocycles. The fourth-order valence-corrected chi connectivity index (χ4v) is 4.20. The van der Waals surface area contributed by atoms with Gasteiger partial charge in [0, 0.05) is 30.8 Å². The number of halogens is 2. The number of carbonyl (C=O) groups excluding carboxylic acids is 1. The van der Waals surface area contributed by atoms with Crippen LogP contribution in [-0.2, 0) is 0 Å². The molecule has 0 saturated heterocycles. The van der Waals surface area contributed by atoms with Crippen LogP contribution >= 0.6 is 34.2 Å². The maximum Gasteiger partial charge on any atom is 0.256 e. The van der Waals surface area contributed by atoms with Crippen molar-refractivity contribution in [1.82, 2.24) is 4.98 Å². The van der Waals surface area contributed by atoms with Gasteiger partial charge in [-0.3, -0.25) is 4.79 Å². The molecule has 5 aromatic rings. The van der Waals surface area contributed by atoms with Crippen LogP contribution in [0.1, 0.15) is 10.4 Å². The molecule has 0 atom stereocenters. The van der Waals surface area contributed by atoms with E-state index >= 15 is 0 Å². The van der Waals surface area contributed by atoms with E-state index in [1.807, 2.05) is 72.8 Å². The number of aromatic nitrogens is 1. The van der Waals surface area contributed by atoms with E-state index in [-0.39, 0.29) is 5.91 Å². The van der Waals surface area contributed by atoms with Crippen LogP contribution in [0, 0.1) is 3.57 Å². The molecule has 0 unspecified atom stereocenters. The van der Waals surface area contributed by atoms with Gasteiger partial charge in [0.05, 0.1) is 0 Å². The Hall–Kier alpha value is -2.90.